The van der Waals surface area contributed by atoms with Crippen molar-refractivity contribution in [3.63, 3.8) is 0 Å². The zero-order valence-electron chi connectivity index (χ0n) is 12.3. The van der Waals surface area contributed by atoms with Gasteiger partial charge in [0.05, 0.1) is 0 Å². The van der Waals surface area contributed by atoms with Crippen molar-refractivity contribution in [3.05, 3.63) is 48.1 Å². The first-order chi connectivity index (χ1) is 7.79. The number of allylic oxidation sites excluding steroid dienone is 7. The Bertz CT molecular complexity index is 200. The summed E-state index contributed by atoms with van der Waals surface area (Å²) in [5.41, 5.74) is 2.56. The van der Waals surface area contributed by atoms with Crippen molar-refractivity contribution < 1.29 is 0 Å². The van der Waals surface area contributed by atoms with E-state index < -0.39 is 0 Å². The Morgan fingerprint density at radius 2 is 1.31 bits per heavy atom. The molecule has 0 fully saturated rings. The zero-order valence-corrected chi connectivity index (χ0v) is 12.3. The third kappa shape index (κ3) is 11.0. The van der Waals surface area contributed by atoms with Gasteiger partial charge in [-0.1, -0.05) is 71.6 Å². The summed E-state index contributed by atoms with van der Waals surface area (Å²) in [7, 11) is 0. The van der Waals surface area contributed by atoms with Crippen LogP contribution in [0.4, 0.5) is 0 Å². The topological polar surface area (TPSA) is 0 Å². The highest BCUT2D eigenvalue weighted by atomic mass is 14.0. The van der Waals surface area contributed by atoms with E-state index >= 15 is 0 Å². The van der Waals surface area contributed by atoms with Gasteiger partial charge in [0.1, 0.15) is 0 Å². The first kappa shape index (κ1) is 20.4. The highest BCUT2D eigenvalue weighted by molar-refractivity contribution is 5.39. The molecule has 16 heavy (non-hydrogen) atoms. The molecule has 0 amide bonds. The molecule has 0 bridgehead atoms. The predicted octanol–water partition coefficient (Wildman–Crippen LogP) is 6.08. The van der Waals surface area contributed by atoms with Gasteiger partial charge in [0.25, 0.3) is 0 Å². The molecule has 0 heterocycles. The fourth-order valence-electron chi connectivity index (χ4n) is 1.10. The average molecular weight is 222 g/mol. The molecule has 0 aliphatic heterocycles. The third-order valence-corrected chi connectivity index (χ3v) is 1.69. The minimum atomic E-state index is 1.04. The molecular weight excluding hydrogens is 192 g/mol. The van der Waals surface area contributed by atoms with Gasteiger partial charge in [0.15, 0.2) is 0 Å². The maximum Gasteiger partial charge on any atom is -0.0231 e. The Hall–Kier alpha value is -1.04. The molecule has 0 rings (SSSR count). The smallest absolute Gasteiger partial charge is 0.0231 e. The second-order valence-electron chi connectivity index (χ2n) is 2.54. The van der Waals surface area contributed by atoms with Gasteiger partial charge in [-0.2, -0.15) is 0 Å². The van der Waals surface area contributed by atoms with Crippen LogP contribution in [0.5, 0.6) is 0 Å². The summed E-state index contributed by atoms with van der Waals surface area (Å²) in [6.45, 7) is 18.0. The van der Waals surface area contributed by atoms with Crippen LogP contribution in [-0.2, 0) is 0 Å². The van der Waals surface area contributed by atoms with Crippen LogP contribution in [0.2, 0.25) is 0 Å². The first-order valence-electron chi connectivity index (χ1n) is 6.41. The molecular formula is C16H30. The van der Waals surface area contributed by atoms with Gasteiger partial charge >= 0.3 is 0 Å². The molecule has 94 valence electrons. The van der Waals surface area contributed by atoms with Crippen LogP contribution in [0.25, 0.3) is 0 Å². The molecule has 0 atom stereocenters. The van der Waals surface area contributed by atoms with Gasteiger partial charge in [-0.25, -0.2) is 0 Å². The third-order valence-electron chi connectivity index (χ3n) is 1.69. The lowest BCUT2D eigenvalue weighted by Crippen LogP contribution is -1.81. The summed E-state index contributed by atoms with van der Waals surface area (Å²) < 4.78 is 0. The summed E-state index contributed by atoms with van der Waals surface area (Å²) in [6, 6.07) is 0. The summed E-state index contributed by atoms with van der Waals surface area (Å²) in [6.07, 6.45) is 11.3. The average Bonchev–Trinajstić information content (AvgIpc) is 2.36. The summed E-state index contributed by atoms with van der Waals surface area (Å²) in [4.78, 5) is 0. The van der Waals surface area contributed by atoms with Gasteiger partial charge in [-0.3, -0.25) is 0 Å². The molecule has 0 nitrogen and oxygen atoms in total. The molecule has 0 saturated carbocycles. The molecule has 0 aliphatic rings. The van der Waals surface area contributed by atoms with E-state index in [1.165, 1.54) is 11.1 Å². The quantitative estimate of drug-likeness (QED) is 0.505. The number of rotatable bonds is 4. The van der Waals surface area contributed by atoms with Crippen molar-refractivity contribution in [2.45, 2.75) is 54.9 Å². The Morgan fingerprint density at radius 3 is 1.50 bits per heavy atom. The van der Waals surface area contributed by atoms with E-state index in [4.69, 9.17) is 0 Å². The fraction of sp³-hybridized carbons (Fsp3) is 0.500. The Balaban J connectivity index is -0.000000376. The fourth-order valence-corrected chi connectivity index (χ4v) is 1.10. The SMILES string of the molecule is C=CC(CC)=C(/C=C\C)/C=C\C.CC.CC. The summed E-state index contributed by atoms with van der Waals surface area (Å²) >= 11 is 0. The van der Waals surface area contributed by atoms with E-state index in [0.29, 0.717) is 0 Å². The van der Waals surface area contributed by atoms with E-state index in [2.05, 4.69) is 37.8 Å². The monoisotopic (exact) mass is 222 g/mol. The summed E-state index contributed by atoms with van der Waals surface area (Å²) in [5, 5.41) is 0. The lowest BCUT2D eigenvalue weighted by atomic mass is 10.0. The van der Waals surface area contributed by atoms with Gasteiger partial charge < -0.3 is 0 Å². The second kappa shape index (κ2) is 19.5. The van der Waals surface area contributed by atoms with Crippen LogP contribution >= 0.6 is 0 Å². The van der Waals surface area contributed by atoms with Crippen molar-refractivity contribution in [2.24, 2.45) is 0 Å². The van der Waals surface area contributed by atoms with E-state index in [0.717, 1.165) is 6.42 Å². The second-order valence-corrected chi connectivity index (χ2v) is 2.54. The van der Waals surface area contributed by atoms with Gasteiger partial charge in [0, 0.05) is 0 Å². The van der Waals surface area contributed by atoms with E-state index in [9.17, 15) is 0 Å². The maximum atomic E-state index is 3.79. The lowest BCUT2D eigenvalue weighted by molar-refractivity contribution is 1.13. The molecule has 0 radical (unpaired) electrons. The molecule has 0 saturated heterocycles. The Kier molecular flexibility index (Phi) is 24.9. The molecule has 0 aliphatic carbocycles. The first-order valence-corrected chi connectivity index (χ1v) is 6.41. The van der Waals surface area contributed by atoms with Crippen LogP contribution in [0.1, 0.15) is 54.9 Å². The molecule has 0 N–H and O–H groups in total. The van der Waals surface area contributed by atoms with Gasteiger partial charge in [0.2, 0.25) is 0 Å². The standard InChI is InChI=1S/C12H18.2C2H6/c1-5-9-12(10-6-2)11(7-3)8-4;2*1-2/h5-7,9-10H,3,8H2,1-2,4H3;2*1-2H3/b9-5-,10-6-;;. The molecule has 0 spiro atoms. The number of hydrogen-bond donors (Lipinski definition) is 0. The van der Waals surface area contributed by atoms with E-state index in [-0.39, 0.29) is 0 Å². The van der Waals surface area contributed by atoms with Crippen molar-refractivity contribution in [2.75, 3.05) is 0 Å². The molecule has 0 aromatic heterocycles. The lowest BCUT2D eigenvalue weighted by Gasteiger charge is -2.01. The van der Waals surface area contributed by atoms with Crippen molar-refractivity contribution in [3.8, 4) is 0 Å². The Labute approximate surface area is 103 Å². The van der Waals surface area contributed by atoms with E-state index in [1.807, 2.05) is 47.6 Å². The minimum absolute atomic E-state index is 1.04. The van der Waals surface area contributed by atoms with Crippen LogP contribution in [0.15, 0.2) is 48.1 Å². The maximum absolute atomic E-state index is 3.79. The number of hydrogen-bond acceptors (Lipinski definition) is 0. The normalized spacial score (nSPS) is 8.94. The molecule has 0 heteroatoms. The van der Waals surface area contributed by atoms with Crippen molar-refractivity contribution in [1.29, 1.82) is 0 Å². The van der Waals surface area contributed by atoms with Crippen molar-refractivity contribution in [1.82, 2.24) is 0 Å². The molecule has 0 unspecified atom stereocenters. The van der Waals surface area contributed by atoms with Crippen LogP contribution in [0.3, 0.4) is 0 Å². The highest BCUT2D eigenvalue weighted by Crippen LogP contribution is 2.12. The van der Waals surface area contributed by atoms with E-state index in [1.54, 1.807) is 0 Å². The van der Waals surface area contributed by atoms with Crippen molar-refractivity contribution >= 4 is 0 Å². The minimum Gasteiger partial charge on any atom is -0.0988 e. The van der Waals surface area contributed by atoms with Crippen LogP contribution in [0, 0.1) is 0 Å². The molecule has 0 aromatic rings. The summed E-state index contributed by atoms with van der Waals surface area (Å²) in [5.74, 6) is 0. The van der Waals surface area contributed by atoms with Crippen LogP contribution < -0.4 is 0 Å². The van der Waals surface area contributed by atoms with Gasteiger partial charge in [-0.05, 0) is 31.4 Å². The van der Waals surface area contributed by atoms with Gasteiger partial charge in [-0.15, -0.1) is 0 Å². The molecule has 0 aromatic carbocycles. The Morgan fingerprint density at radius 1 is 0.938 bits per heavy atom. The highest BCUT2D eigenvalue weighted by Gasteiger charge is 1.92. The zero-order chi connectivity index (χ0) is 13.4. The predicted molar refractivity (Wildman–Crippen MR) is 79.8 cm³/mol. The van der Waals surface area contributed by atoms with Crippen LogP contribution in [-0.4, -0.2) is 0 Å². The largest absolute Gasteiger partial charge is 0.0988 e.